The summed E-state index contributed by atoms with van der Waals surface area (Å²) >= 11 is 0. The van der Waals surface area contributed by atoms with Gasteiger partial charge < -0.3 is 14.2 Å². The minimum absolute atomic E-state index is 0.0661. The summed E-state index contributed by atoms with van der Waals surface area (Å²) in [4.78, 5) is 35.7. The van der Waals surface area contributed by atoms with Crippen molar-refractivity contribution in [1.29, 1.82) is 0 Å². The van der Waals surface area contributed by atoms with E-state index in [9.17, 15) is 14.4 Å². The molecule has 2 rings (SSSR count). The van der Waals surface area contributed by atoms with Gasteiger partial charge in [0.1, 0.15) is 0 Å². The second-order valence-corrected chi connectivity index (χ2v) is 6.38. The molecule has 0 aliphatic heterocycles. The fourth-order valence-corrected chi connectivity index (χ4v) is 2.63. The number of aryl methyl sites for hydroxylation is 1. The first-order valence-corrected chi connectivity index (χ1v) is 9.54. The number of hydrogen-bond acceptors (Lipinski definition) is 6. The monoisotopic (exact) mass is 414 g/mol. The van der Waals surface area contributed by atoms with Crippen molar-refractivity contribution >= 4 is 17.8 Å². The second kappa shape index (κ2) is 12.1. The van der Waals surface area contributed by atoms with E-state index in [-0.39, 0.29) is 18.4 Å². The third-order valence-corrected chi connectivity index (χ3v) is 4.23. The van der Waals surface area contributed by atoms with Gasteiger partial charge in [-0.2, -0.15) is 0 Å². The molecule has 0 aliphatic carbocycles. The van der Waals surface area contributed by atoms with Crippen LogP contribution in [0.5, 0.6) is 11.5 Å². The Labute approximate surface area is 175 Å². The molecule has 0 heterocycles. The summed E-state index contributed by atoms with van der Waals surface area (Å²) in [6.45, 7) is 0.297. The average molecular weight is 414 g/mol. The number of hydrazine groups is 1. The highest BCUT2D eigenvalue weighted by Gasteiger charge is 2.13. The van der Waals surface area contributed by atoms with Gasteiger partial charge in [-0.15, -0.1) is 0 Å². The molecule has 2 aromatic rings. The normalized spacial score (nSPS) is 10.1. The molecule has 0 radical (unpaired) electrons. The van der Waals surface area contributed by atoms with Gasteiger partial charge in [0.05, 0.1) is 27.2 Å². The maximum absolute atomic E-state index is 12.1. The van der Waals surface area contributed by atoms with Gasteiger partial charge in [-0.3, -0.25) is 25.2 Å². The van der Waals surface area contributed by atoms with E-state index in [4.69, 9.17) is 14.2 Å². The second-order valence-electron chi connectivity index (χ2n) is 6.38. The molecule has 0 saturated carbocycles. The molecule has 8 nitrogen and oxygen atoms in total. The Morgan fingerprint density at radius 1 is 0.867 bits per heavy atom. The van der Waals surface area contributed by atoms with Crippen LogP contribution in [0, 0.1) is 0 Å². The highest BCUT2D eigenvalue weighted by molar-refractivity contribution is 5.96. The van der Waals surface area contributed by atoms with Crippen LogP contribution in [-0.4, -0.2) is 38.6 Å². The van der Waals surface area contributed by atoms with Crippen LogP contribution in [0.2, 0.25) is 0 Å². The quantitative estimate of drug-likeness (QED) is 0.352. The summed E-state index contributed by atoms with van der Waals surface area (Å²) in [5, 5.41) is 0. The molecule has 0 fully saturated rings. The van der Waals surface area contributed by atoms with Crippen LogP contribution in [0.25, 0.3) is 0 Å². The largest absolute Gasteiger partial charge is 0.493 e. The number of ether oxygens (including phenoxy) is 3. The third-order valence-electron chi connectivity index (χ3n) is 4.23. The van der Waals surface area contributed by atoms with Crippen LogP contribution in [-0.2, 0) is 20.7 Å². The highest BCUT2D eigenvalue weighted by Crippen LogP contribution is 2.27. The predicted octanol–water partition coefficient (Wildman–Crippen LogP) is 2.42. The SMILES string of the molecule is COc1ccc(C(=O)NNC(=O)CCC(=O)OCCCc2ccccc2)cc1OC. The van der Waals surface area contributed by atoms with E-state index >= 15 is 0 Å². The molecule has 0 atom stereocenters. The van der Waals surface area contributed by atoms with E-state index in [1.807, 2.05) is 30.3 Å². The topological polar surface area (TPSA) is 103 Å². The smallest absolute Gasteiger partial charge is 0.306 e. The molecule has 0 aliphatic rings. The first kappa shape index (κ1) is 22.7. The van der Waals surface area contributed by atoms with E-state index in [1.165, 1.54) is 31.9 Å². The molecule has 0 unspecified atom stereocenters. The molecule has 0 saturated heterocycles. The standard InChI is InChI=1S/C22H26N2O6/c1-28-18-11-10-17(15-19(18)29-2)22(27)24-23-20(25)12-13-21(26)30-14-6-9-16-7-4-3-5-8-16/h3-5,7-8,10-11,15H,6,9,12-14H2,1-2H3,(H,23,25)(H,24,27). The van der Waals surface area contributed by atoms with Crippen molar-refractivity contribution in [2.24, 2.45) is 0 Å². The number of rotatable bonds is 10. The number of amides is 2. The minimum Gasteiger partial charge on any atom is -0.493 e. The van der Waals surface area contributed by atoms with Crippen LogP contribution >= 0.6 is 0 Å². The Bertz CT molecular complexity index is 854. The number of hydrogen-bond donors (Lipinski definition) is 2. The van der Waals surface area contributed by atoms with Crippen LogP contribution < -0.4 is 20.3 Å². The minimum atomic E-state index is -0.521. The van der Waals surface area contributed by atoms with Crippen molar-refractivity contribution in [3.63, 3.8) is 0 Å². The number of nitrogens with one attached hydrogen (secondary N) is 2. The van der Waals surface area contributed by atoms with Gasteiger partial charge in [0.25, 0.3) is 5.91 Å². The summed E-state index contributed by atoms with van der Waals surface area (Å²) in [6, 6.07) is 14.5. The molecular weight excluding hydrogens is 388 g/mol. The zero-order valence-electron chi connectivity index (χ0n) is 17.1. The van der Waals surface area contributed by atoms with Crippen LogP contribution in [0.4, 0.5) is 0 Å². The van der Waals surface area contributed by atoms with Gasteiger partial charge in [0, 0.05) is 12.0 Å². The Kier molecular flexibility index (Phi) is 9.18. The summed E-state index contributed by atoms with van der Waals surface area (Å²) in [5.41, 5.74) is 6.03. The van der Waals surface area contributed by atoms with Gasteiger partial charge in [-0.05, 0) is 36.6 Å². The summed E-state index contributed by atoms with van der Waals surface area (Å²) < 4.78 is 15.4. The molecule has 2 aromatic carbocycles. The first-order valence-electron chi connectivity index (χ1n) is 9.54. The molecule has 0 aromatic heterocycles. The van der Waals surface area contributed by atoms with Crippen LogP contribution in [0.3, 0.4) is 0 Å². The number of carbonyl (C=O) groups excluding carboxylic acids is 3. The average Bonchev–Trinajstić information content (AvgIpc) is 2.79. The van der Waals surface area contributed by atoms with E-state index < -0.39 is 17.8 Å². The van der Waals surface area contributed by atoms with Crippen molar-refractivity contribution in [3.05, 3.63) is 59.7 Å². The lowest BCUT2D eigenvalue weighted by Crippen LogP contribution is -2.41. The lowest BCUT2D eigenvalue weighted by molar-refractivity contribution is -0.145. The van der Waals surface area contributed by atoms with Crippen LogP contribution in [0.1, 0.15) is 35.2 Å². The van der Waals surface area contributed by atoms with Crippen molar-refractivity contribution in [2.45, 2.75) is 25.7 Å². The van der Waals surface area contributed by atoms with Crippen molar-refractivity contribution in [2.75, 3.05) is 20.8 Å². The zero-order chi connectivity index (χ0) is 21.8. The maximum atomic E-state index is 12.1. The molecule has 0 bridgehead atoms. The van der Waals surface area contributed by atoms with Gasteiger partial charge in [0.2, 0.25) is 5.91 Å². The van der Waals surface area contributed by atoms with E-state index in [0.717, 1.165) is 6.42 Å². The zero-order valence-corrected chi connectivity index (χ0v) is 17.1. The Morgan fingerprint density at radius 2 is 1.60 bits per heavy atom. The van der Waals surface area contributed by atoms with Gasteiger partial charge in [-0.25, -0.2) is 0 Å². The molecule has 160 valence electrons. The Hall–Kier alpha value is -3.55. The van der Waals surface area contributed by atoms with E-state index in [1.54, 1.807) is 6.07 Å². The first-order chi connectivity index (χ1) is 14.5. The van der Waals surface area contributed by atoms with Gasteiger partial charge >= 0.3 is 5.97 Å². The predicted molar refractivity (Wildman–Crippen MR) is 110 cm³/mol. The van der Waals surface area contributed by atoms with Gasteiger partial charge in [-0.1, -0.05) is 30.3 Å². The maximum Gasteiger partial charge on any atom is 0.306 e. The molecule has 0 spiro atoms. The lowest BCUT2D eigenvalue weighted by Gasteiger charge is -2.10. The van der Waals surface area contributed by atoms with Crippen LogP contribution in [0.15, 0.2) is 48.5 Å². The summed E-state index contributed by atoms with van der Waals surface area (Å²) in [5.74, 6) is -0.589. The molecule has 30 heavy (non-hydrogen) atoms. The number of esters is 1. The lowest BCUT2D eigenvalue weighted by atomic mass is 10.1. The number of benzene rings is 2. The van der Waals surface area contributed by atoms with Crippen molar-refractivity contribution < 1.29 is 28.6 Å². The van der Waals surface area contributed by atoms with Crippen molar-refractivity contribution in [3.8, 4) is 11.5 Å². The molecule has 8 heteroatoms. The fourth-order valence-electron chi connectivity index (χ4n) is 2.63. The Balaban J connectivity index is 1.64. The van der Waals surface area contributed by atoms with Gasteiger partial charge in [0.15, 0.2) is 11.5 Å². The fraction of sp³-hybridized carbons (Fsp3) is 0.318. The van der Waals surface area contributed by atoms with E-state index in [2.05, 4.69) is 10.9 Å². The van der Waals surface area contributed by atoms with Crippen molar-refractivity contribution in [1.82, 2.24) is 10.9 Å². The molecular formula is C22H26N2O6. The van der Waals surface area contributed by atoms with E-state index in [0.29, 0.717) is 24.5 Å². The highest BCUT2D eigenvalue weighted by atomic mass is 16.5. The summed E-state index contributed by atoms with van der Waals surface area (Å²) in [6.07, 6.45) is 1.37. The Morgan fingerprint density at radius 3 is 2.30 bits per heavy atom. The third kappa shape index (κ3) is 7.46. The number of methoxy groups -OCH3 is 2. The number of carbonyl (C=O) groups is 3. The summed E-state index contributed by atoms with van der Waals surface area (Å²) in [7, 11) is 2.95. The molecule has 2 amide bonds. The molecule has 2 N–H and O–H groups in total.